The number of hydrogen-bond donors (Lipinski definition) is 1. The predicted octanol–water partition coefficient (Wildman–Crippen LogP) is 4.34. The molecule has 146 valence electrons. The van der Waals surface area contributed by atoms with Crippen molar-refractivity contribution in [3.05, 3.63) is 41.2 Å². The lowest BCUT2D eigenvalue weighted by molar-refractivity contribution is -0.119. The van der Waals surface area contributed by atoms with Crippen molar-refractivity contribution in [3.8, 4) is 0 Å². The first-order valence-corrected chi connectivity index (χ1v) is 11.0. The molecule has 6 heteroatoms. The fraction of sp³-hybridized carbons (Fsp3) is 0.571. The fourth-order valence-electron chi connectivity index (χ4n) is 3.29. The average molecular weight is 387 g/mol. The molecule has 1 atom stereocenters. The fourth-order valence-corrected chi connectivity index (χ4v) is 4.11. The number of amides is 1. The minimum atomic E-state index is 0.0232. The Hall–Kier alpha value is -1.82. The van der Waals surface area contributed by atoms with Gasteiger partial charge in [-0.05, 0) is 43.2 Å². The zero-order valence-corrected chi connectivity index (χ0v) is 17.6. The van der Waals surface area contributed by atoms with Gasteiger partial charge < -0.3 is 9.88 Å². The van der Waals surface area contributed by atoms with Gasteiger partial charge in [-0.25, -0.2) is 0 Å². The van der Waals surface area contributed by atoms with Crippen LogP contribution < -0.4 is 5.32 Å². The molecule has 27 heavy (non-hydrogen) atoms. The molecule has 1 heterocycles. The van der Waals surface area contributed by atoms with Gasteiger partial charge in [0, 0.05) is 12.5 Å². The molecule has 1 saturated carbocycles. The second-order valence-corrected chi connectivity index (χ2v) is 8.47. The van der Waals surface area contributed by atoms with Crippen LogP contribution in [-0.4, -0.2) is 26.4 Å². The molecular formula is C21H30N4OS. The number of rotatable bonds is 9. The Balaban J connectivity index is 1.61. The van der Waals surface area contributed by atoms with Crippen molar-refractivity contribution >= 4 is 17.7 Å². The number of hydrogen-bond acceptors (Lipinski definition) is 4. The Morgan fingerprint density at radius 3 is 2.48 bits per heavy atom. The van der Waals surface area contributed by atoms with E-state index in [1.165, 1.54) is 30.2 Å². The number of carbonyl (C=O) groups excluding carboxylic acids is 1. The van der Waals surface area contributed by atoms with Crippen LogP contribution in [0, 0.1) is 5.92 Å². The van der Waals surface area contributed by atoms with E-state index in [2.05, 4.69) is 72.0 Å². The predicted molar refractivity (Wildman–Crippen MR) is 110 cm³/mol. The summed E-state index contributed by atoms with van der Waals surface area (Å²) in [6, 6.07) is 8.58. The highest BCUT2D eigenvalue weighted by atomic mass is 32.2. The number of nitrogens with zero attached hydrogens (tertiary/aromatic N) is 3. The van der Waals surface area contributed by atoms with Gasteiger partial charge in [-0.15, -0.1) is 10.2 Å². The Bertz CT molecular complexity index is 765. The topological polar surface area (TPSA) is 59.8 Å². The minimum absolute atomic E-state index is 0.0232. The third-order valence-electron chi connectivity index (χ3n) is 5.07. The molecule has 1 N–H and O–H groups in total. The van der Waals surface area contributed by atoms with Crippen LogP contribution >= 0.6 is 11.8 Å². The molecule has 0 bridgehead atoms. The summed E-state index contributed by atoms with van der Waals surface area (Å²) in [5.41, 5.74) is 2.47. The molecule has 1 aliphatic rings. The summed E-state index contributed by atoms with van der Waals surface area (Å²) in [7, 11) is 0. The Kier molecular flexibility index (Phi) is 6.58. The lowest BCUT2D eigenvalue weighted by Gasteiger charge is -2.23. The molecule has 0 saturated heterocycles. The van der Waals surface area contributed by atoms with E-state index in [0.717, 1.165) is 29.5 Å². The molecular weight excluding hydrogens is 356 g/mol. The van der Waals surface area contributed by atoms with Crippen molar-refractivity contribution in [1.29, 1.82) is 0 Å². The molecule has 3 rings (SSSR count). The molecule has 0 radical (unpaired) electrons. The van der Waals surface area contributed by atoms with Crippen LogP contribution in [0.2, 0.25) is 0 Å². The van der Waals surface area contributed by atoms with E-state index in [0.29, 0.717) is 17.6 Å². The van der Waals surface area contributed by atoms with Crippen molar-refractivity contribution in [2.45, 2.75) is 70.6 Å². The molecule has 5 nitrogen and oxygen atoms in total. The van der Waals surface area contributed by atoms with E-state index in [4.69, 9.17) is 0 Å². The second-order valence-electron chi connectivity index (χ2n) is 7.53. The molecule has 1 aromatic carbocycles. The lowest BCUT2D eigenvalue weighted by Crippen LogP contribution is -2.33. The van der Waals surface area contributed by atoms with Gasteiger partial charge in [0.2, 0.25) is 5.91 Å². The van der Waals surface area contributed by atoms with Crippen molar-refractivity contribution in [1.82, 2.24) is 20.1 Å². The monoisotopic (exact) mass is 386 g/mol. The van der Waals surface area contributed by atoms with Gasteiger partial charge in [0.15, 0.2) is 5.16 Å². The number of benzene rings is 1. The number of nitrogens with one attached hydrogen (secondary N) is 1. The zero-order chi connectivity index (χ0) is 19.4. The largest absolute Gasteiger partial charge is 0.348 e. The van der Waals surface area contributed by atoms with Gasteiger partial charge in [0.25, 0.3) is 0 Å². The van der Waals surface area contributed by atoms with E-state index in [1.54, 1.807) is 0 Å². The zero-order valence-electron chi connectivity index (χ0n) is 16.7. The van der Waals surface area contributed by atoms with Crippen LogP contribution in [0.15, 0.2) is 29.4 Å². The van der Waals surface area contributed by atoms with E-state index >= 15 is 0 Å². The van der Waals surface area contributed by atoms with Gasteiger partial charge in [-0.2, -0.15) is 0 Å². The summed E-state index contributed by atoms with van der Waals surface area (Å²) in [5.74, 6) is 2.37. The summed E-state index contributed by atoms with van der Waals surface area (Å²) in [6.45, 7) is 9.38. The van der Waals surface area contributed by atoms with E-state index in [-0.39, 0.29) is 11.9 Å². The average Bonchev–Trinajstić information content (AvgIpc) is 3.44. The van der Waals surface area contributed by atoms with Crippen LogP contribution in [0.25, 0.3) is 0 Å². The first kappa shape index (κ1) is 19.9. The Morgan fingerprint density at radius 2 is 1.93 bits per heavy atom. The van der Waals surface area contributed by atoms with E-state index in [1.807, 2.05) is 0 Å². The summed E-state index contributed by atoms with van der Waals surface area (Å²) in [4.78, 5) is 12.6. The Morgan fingerprint density at radius 1 is 1.22 bits per heavy atom. The minimum Gasteiger partial charge on any atom is -0.348 e. The Labute approximate surface area is 166 Å². The molecule has 1 aromatic heterocycles. The van der Waals surface area contributed by atoms with Crippen LogP contribution in [0.3, 0.4) is 0 Å². The number of aromatic nitrogens is 3. The summed E-state index contributed by atoms with van der Waals surface area (Å²) < 4.78 is 2.15. The maximum absolute atomic E-state index is 12.6. The third kappa shape index (κ3) is 4.92. The standard InChI is InChI=1S/C21H30N4OS/c1-5-15-7-9-16(10-8-15)19(14(3)4)22-18(26)13-27-21-24-23-20(17-11-12-17)25(21)6-2/h7-10,14,17,19H,5-6,11-13H2,1-4H3,(H,22,26)/t19-/m0/s1. The molecule has 1 aliphatic carbocycles. The van der Waals surface area contributed by atoms with Crippen molar-refractivity contribution in [2.24, 2.45) is 5.92 Å². The highest BCUT2D eigenvalue weighted by Crippen LogP contribution is 2.40. The molecule has 0 unspecified atom stereocenters. The van der Waals surface area contributed by atoms with Crippen molar-refractivity contribution < 1.29 is 4.79 Å². The third-order valence-corrected chi connectivity index (χ3v) is 6.03. The summed E-state index contributed by atoms with van der Waals surface area (Å²) >= 11 is 1.48. The van der Waals surface area contributed by atoms with Crippen molar-refractivity contribution in [3.63, 3.8) is 0 Å². The highest BCUT2D eigenvalue weighted by molar-refractivity contribution is 7.99. The maximum atomic E-state index is 12.6. The van der Waals surface area contributed by atoms with Crippen LogP contribution in [-0.2, 0) is 17.8 Å². The second kappa shape index (κ2) is 8.91. The maximum Gasteiger partial charge on any atom is 0.230 e. The number of aryl methyl sites for hydroxylation is 1. The van der Waals surface area contributed by atoms with Crippen LogP contribution in [0.4, 0.5) is 0 Å². The molecule has 0 aliphatic heterocycles. The summed E-state index contributed by atoms with van der Waals surface area (Å²) in [6.07, 6.45) is 3.43. The van der Waals surface area contributed by atoms with Gasteiger partial charge in [-0.3, -0.25) is 4.79 Å². The van der Waals surface area contributed by atoms with Gasteiger partial charge in [-0.1, -0.05) is 56.8 Å². The molecule has 1 fully saturated rings. The lowest BCUT2D eigenvalue weighted by atomic mass is 9.95. The SMILES string of the molecule is CCc1ccc([C@@H](NC(=O)CSc2nnc(C3CC3)n2CC)C(C)C)cc1. The normalized spacial score (nSPS) is 15.1. The van der Waals surface area contributed by atoms with E-state index < -0.39 is 0 Å². The molecule has 1 amide bonds. The van der Waals surface area contributed by atoms with Gasteiger partial charge in [0.1, 0.15) is 5.82 Å². The van der Waals surface area contributed by atoms with Crippen LogP contribution in [0.1, 0.15) is 69.4 Å². The number of thioether (sulfide) groups is 1. The van der Waals surface area contributed by atoms with Gasteiger partial charge in [0.05, 0.1) is 11.8 Å². The highest BCUT2D eigenvalue weighted by Gasteiger charge is 2.30. The molecule has 2 aromatic rings. The quantitative estimate of drug-likeness (QED) is 0.651. The number of carbonyl (C=O) groups is 1. The van der Waals surface area contributed by atoms with Crippen molar-refractivity contribution in [2.75, 3.05) is 5.75 Å². The van der Waals surface area contributed by atoms with E-state index in [9.17, 15) is 4.79 Å². The smallest absolute Gasteiger partial charge is 0.230 e. The molecule has 0 spiro atoms. The van der Waals surface area contributed by atoms with Gasteiger partial charge >= 0.3 is 0 Å². The first-order valence-electron chi connectivity index (χ1n) is 9.97. The first-order chi connectivity index (χ1) is 13.0. The summed E-state index contributed by atoms with van der Waals surface area (Å²) in [5, 5.41) is 12.7. The van der Waals surface area contributed by atoms with Crippen LogP contribution in [0.5, 0.6) is 0 Å².